The van der Waals surface area contributed by atoms with Gasteiger partial charge in [-0.05, 0) is 30.6 Å². The minimum Gasteiger partial charge on any atom is -0.402 e. The molecule has 3 atom stereocenters. The summed E-state index contributed by atoms with van der Waals surface area (Å²) < 4.78 is 5.15. The Bertz CT molecular complexity index is 171. The highest BCUT2D eigenvalue weighted by atomic mass is 16.6. The van der Waals surface area contributed by atoms with Crippen molar-refractivity contribution in [1.82, 2.24) is 0 Å². The van der Waals surface area contributed by atoms with Crippen LogP contribution < -0.4 is 0 Å². The zero-order valence-corrected chi connectivity index (χ0v) is 9.31. The first-order chi connectivity index (χ1) is 6.50. The molecular formula is C10H21BO3. The maximum absolute atomic E-state index is 8.82. The molecule has 1 saturated carbocycles. The number of rotatable bonds is 3. The lowest BCUT2D eigenvalue weighted by Gasteiger charge is -2.37. The van der Waals surface area contributed by atoms with Crippen LogP contribution in [-0.4, -0.2) is 23.5 Å². The molecular weight excluding hydrogens is 179 g/mol. The normalized spacial score (nSPS) is 33.4. The van der Waals surface area contributed by atoms with Gasteiger partial charge in [0.25, 0.3) is 0 Å². The van der Waals surface area contributed by atoms with E-state index in [2.05, 4.69) is 20.8 Å². The fourth-order valence-corrected chi connectivity index (χ4v) is 2.43. The van der Waals surface area contributed by atoms with Crippen molar-refractivity contribution in [3.8, 4) is 0 Å². The molecule has 0 aromatic rings. The van der Waals surface area contributed by atoms with Crippen LogP contribution in [0.1, 0.15) is 40.0 Å². The van der Waals surface area contributed by atoms with Gasteiger partial charge in [-0.25, -0.2) is 0 Å². The summed E-state index contributed by atoms with van der Waals surface area (Å²) in [5.74, 6) is 1.65. The van der Waals surface area contributed by atoms with E-state index in [0.717, 1.165) is 12.8 Å². The third-order valence-corrected chi connectivity index (χ3v) is 3.26. The Morgan fingerprint density at radius 2 is 1.93 bits per heavy atom. The zero-order chi connectivity index (χ0) is 10.7. The summed E-state index contributed by atoms with van der Waals surface area (Å²) in [7, 11) is -1.62. The second-order valence-electron chi connectivity index (χ2n) is 4.83. The number of hydrogen-bond acceptors (Lipinski definition) is 3. The highest BCUT2D eigenvalue weighted by Crippen LogP contribution is 2.35. The fourth-order valence-electron chi connectivity index (χ4n) is 2.43. The van der Waals surface area contributed by atoms with Crippen LogP contribution in [0.25, 0.3) is 0 Å². The molecule has 0 aromatic carbocycles. The van der Waals surface area contributed by atoms with Crippen molar-refractivity contribution in [2.45, 2.75) is 46.1 Å². The van der Waals surface area contributed by atoms with Crippen molar-refractivity contribution in [3.05, 3.63) is 0 Å². The first kappa shape index (κ1) is 12.0. The van der Waals surface area contributed by atoms with E-state index in [9.17, 15) is 0 Å². The van der Waals surface area contributed by atoms with Crippen LogP contribution in [0.4, 0.5) is 0 Å². The van der Waals surface area contributed by atoms with Gasteiger partial charge in [-0.3, -0.25) is 0 Å². The summed E-state index contributed by atoms with van der Waals surface area (Å²) >= 11 is 0. The van der Waals surface area contributed by atoms with Gasteiger partial charge >= 0.3 is 7.32 Å². The molecule has 1 aliphatic carbocycles. The van der Waals surface area contributed by atoms with Crippen LogP contribution in [0.15, 0.2) is 0 Å². The van der Waals surface area contributed by atoms with E-state index >= 15 is 0 Å². The largest absolute Gasteiger partial charge is 0.634 e. The Balaban J connectivity index is 2.54. The molecule has 0 unspecified atom stereocenters. The van der Waals surface area contributed by atoms with Crippen molar-refractivity contribution in [2.75, 3.05) is 0 Å². The van der Waals surface area contributed by atoms with E-state index in [1.165, 1.54) is 6.42 Å². The molecule has 3 nitrogen and oxygen atoms in total. The van der Waals surface area contributed by atoms with Gasteiger partial charge in [0, 0.05) is 6.10 Å². The van der Waals surface area contributed by atoms with Crippen LogP contribution in [0.2, 0.25) is 0 Å². The molecule has 82 valence electrons. The molecule has 14 heavy (non-hydrogen) atoms. The molecule has 0 radical (unpaired) electrons. The standard InChI is InChI=1S/C10H21BO3/c1-7(2)9-5-4-8(3)6-10(9)14-11(12)13/h7-10,12-13H,4-6H2,1-3H3/t8-,9-,10-/m0/s1. The van der Waals surface area contributed by atoms with E-state index in [4.69, 9.17) is 14.7 Å². The molecule has 0 bridgehead atoms. The van der Waals surface area contributed by atoms with Crippen LogP contribution >= 0.6 is 0 Å². The van der Waals surface area contributed by atoms with Crippen LogP contribution in [0.3, 0.4) is 0 Å². The van der Waals surface area contributed by atoms with Crippen LogP contribution in [0.5, 0.6) is 0 Å². The molecule has 0 aromatic heterocycles. The second kappa shape index (κ2) is 5.15. The monoisotopic (exact) mass is 200 g/mol. The predicted molar refractivity (Wildman–Crippen MR) is 56.4 cm³/mol. The van der Waals surface area contributed by atoms with Gasteiger partial charge in [-0.2, -0.15) is 0 Å². The first-order valence-corrected chi connectivity index (χ1v) is 5.52. The molecule has 0 aliphatic heterocycles. The Hall–Kier alpha value is -0.0551. The van der Waals surface area contributed by atoms with Crippen molar-refractivity contribution in [2.24, 2.45) is 17.8 Å². The summed E-state index contributed by atoms with van der Waals surface area (Å²) in [4.78, 5) is 0. The zero-order valence-electron chi connectivity index (χ0n) is 9.31. The Morgan fingerprint density at radius 3 is 2.43 bits per heavy atom. The third-order valence-electron chi connectivity index (χ3n) is 3.26. The van der Waals surface area contributed by atoms with Gasteiger partial charge in [-0.1, -0.05) is 27.2 Å². The molecule has 0 heterocycles. The highest BCUT2D eigenvalue weighted by Gasteiger charge is 2.33. The molecule has 1 rings (SSSR count). The molecule has 0 amide bonds. The van der Waals surface area contributed by atoms with Crippen molar-refractivity contribution in [1.29, 1.82) is 0 Å². The van der Waals surface area contributed by atoms with Gasteiger partial charge in [0.1, 0.15) is 0 Å². The lowest BCUT2D eigenvalue weighted by Crippen LogP contribution is -2.38. The SMILES string of the molecule is CC(C)[C@@H]1CC[C@H](C)C[C@@H]1OB(O)O. The Labute approximate surface area is 86.6 Å². The van der Waals surface area contributed by atoms with E-state index < -0.39 is 7.32 Å². The minimum atomic E-state index is -1.62. The van der Waals surface area contributed by atoms with E-state index in [1.54, 1.807) is 0 Å². The third kappa shape index (κ3) is 3.26. The van der Waals surface area contributed by atoms with Crippen LogP contribution in [0, 0.1) is 17.8 Å². The van der Waals surface area contributed by atoms with Gasteiger partial charge < -0.3 is 14.7 Å². The highest BCUT2D eigenvalue weighted by molar-refractivity contribution is 6.32. The average Bonchev–Trinajstić information content (AvgIpc) is 2.01. The van der Waals surface area contributed by atoms with Crippen molar-refractivity contribution >= 4 is 7.32 Å². The molecule has 1 fully saturated rings. The number of hydrogen-bond donors (Lipinski definition) is 2. The second-order valence-corrected chi connectivity index (χ2v) is 4.83. The average molecular weight is 200 g/mol. The maximum Gasteiger partial charge on any atom is 0.634 e. The Morgan fingerprint density at radius 1 is 1.29 bits per heavy atom. The lowest BCUT2D eigenvalue weighted by atomic mass is 9.75. The predicted octanol–water partition coefficient (Wildman–Crippen LogP) is 1.43. The summed E-state index contributed by atoms with van der Waals surface area (Å²) in [6.45, 7) is 6.53. The van der Waals surface area contributed by atoms with Gasteiger partial charge in [0.2, 0.25) is 0 Å². The lowest BCUT2D eigenvalue weighted by molar-refractivity contribution is 0.0121. The summed E-state index contributed by atoms with van der Waals surface area (Å²) in [6.07, 6.45) is 3.32. The molecule has 2 N–H and O–H groups in total. The quantitative estimate of drug-likeness (QED) is 0.677. The van der Waals surface area contributed by atoms with E-state index in [1.807, 2.05) is 0 Å². The summed E-state index contributed by atoms with van der Waals surface area (Å²) in [6, 6.07) is 0. The molecule has 4 heteroatoms. The van der Waals surface area contributed by atoms with Gasteiger partial charge in [-0.15, -0.1) is 0 Å². The summed E-state index contributed by atoms with van der Waals surface area (Å²) in [5.41, 5.74) is 0. The minimum absolute atomic E-state index is 0.0127. The maximum atomic E-state index is 8.82. The first-order valence-electron chi connectivity index (χ1n) is 5.52. The smallest absolute Gasteiger partial charge is 0.402 e. The van der Waals surface area contributed by atoms with E-state index in [0.29, 0.717) is 17.8 Å². The van der Waals surface area contributed by atoms with Crippen LogP contribution in [-0.2, 0) is 4.65 Å². The topological polar surface area (TPSA) is 49.7 Å². The van der Waals surface area contributed by atoms with Crippen molar-refractivity contribution in [3.63, 3.8) is 0 Å². The molecule has 0 saturated heterocycles. The van der Waals surface area contributed by atoms with Crippen molar-refractivity contribution < 1.29 is 14.7 Å². The molecule has 0 spiro atoms. The van der Waals surface area contributed by atoms with Gasteiger partial charge in [0.05, 0.1) is 0 Å². The summed E-state index contributed by atoms with van der Waals surface area (Å²) in [5, 5.41) is 17.6. The molecule has 1 aliphatic rings. The Kier molecular flexibility index (Phi) is 4.42. The van der Waals surface area contributed by atoms with Gasteiger partial charge in [0.15, 0.2) is 0 Å². The van der Waals surface area contributed by atoms with E-state index in [-0.39, 0.29) is 6.10 Å². The fraction of sp³-hybridized carbons (Fsp3) is 1.00.